The number of hydrogen-bond acceptors (Lipinski definition) is 5. The molecule has 0 saturated carbocycles. The van der Waals surface area contributed by atoms with Gasteiger partial charge in [-0.05, 0) is 43.0 Å². The second-order valence-electron chi connectivity index (χ2n) is 9.04. The van der Waals surface area contributed by atoms with Gasteiger partial charge < -0.3 is 23.5 Å². The summed E-state index contributed by atoms with van der Waals surface area (Å²) in [6, 6.07) is 16.8. The highest BCUT2D eigenvalue weighted by molar-refractivity contribution is 5.27. The van der Waals surface area contributed by atoms with Gasteiger partial charge in [0.15, 0.2) is 5.79 Å². The molecule has 3 aromatic rings. The van der Waals surface area contributed by atoms with Gasteiger partial charge in [0.2, 0.25) is 0 Å². The molecule has 2 heterocycles. The molecule has 182 valence electrons. The van der Waals surface area contributed by atoms with Crippen molar-refractivity contribution in [3.63, 3.8) is 0 Å². The van der Waals surface area contributed by atoms with Gasteiger partial charge >= 0.3 is 0 Å². The van der Waals surface area contributed by atoms with E-state index < -0.39 is 5.79 Å². The Labute approximate surface area is 202 Å². The van der Waals surface area contributed by atoms with E-state index in [1.54, 1.807) is 12.5 Å². The van der Waals surface area contributed by atoms with Crippen molar-refractivity contribution in [3.05, 3.63) is 83.9 Å². The number of aryl methyl sites for hydroxylation is 2. The minimum absolute atomic E-state index is 0.0942. The first-order valence-electron chi connectivity index (χ1n) is 12.3. The summed E-state index contributed by atoms with van der Waals surface area (Å²) in [7, 11) is 0. The van der Waals surface area contributed by atoms with Crippen molar-refractivity contribution in [2.45, 2.75) is 64.6 Å². The number of ether oxygens (including phenoxy) is 4. The Morgan fingerprint density at radius 3 is 2.62 bits per heavy atom. The average molecular weight is 465 g/mol. The molecule has 0 spiro atoms. The lowest BCUT2D eigenvalue weighted by atomic mass is 10.0. The maximum absolute atomic E-state index is 6.47. The molecule has 2 unspecified atom stereocenters. The lowest BCUT2D eigenvalue weighted by Gasteiger charge is -2.28. The van der Waals surface area contributed by atoms with Crippen molar-refractivity contribution in [3.8, 4) is 5.75 Å². The summed E-state index contributed by atoms with van der Waals surface area (Å²) < 4.78 is 26.5. The van der Waals surface area contributed by atoms with Crippen molar-refractivity contribution in [1.82, 2.24) is 9.55 Å². The van der Waals surface area contributed by atoms with Crippen LogP contribution in [0.2, 0.25) is 0 Å². The van der Waals surface area contributed by atoms with Crippen LogP contribution in [0.1, 0.15) is 42.9 Å². The van der Waals surface area contributed by atoms with E-state index in [2.05, 4.69) is 55.2 Å². The number of benzene rings is 2. The van der Waals surface area contributed by atoms with Gasteiger partial charge in [0.25, 0.3) is 0 Å². The molecule has 1 aliphatic heterocycles. The molecule has 6 heteroatoms. The van der Waals surface area contributed by atoms with E-state index in [0.29, 0.717) is 26.4 Å². The zero-order valence-corrected chi connectivity index (χ0v) is 20.3. The van der Waals surface area contributed by atoms with Gasteiger partial charge in [0, 0.05) is 18.8 Å². The van der Waals surface area contributed by atoms with E-state index in [0.717, 1.165) is 43.6 Å². The fourth-order valence-electron chi connectivity index (χ4n) is 4.06. The van der Waals surface area contributed by atoms with Crippen LogP contribution in [0.25, 0.3) is 0 Å². The standard InChI is InChI=1S/C28H36N2O4/c1-3-4-17-32-26-11-9-24(10-12-26)13-14-28(21-30-16-15-29-22-30)33-20-27(34-28)19-31-18-25-7-5-23(2)6-8-25/h5-12,15-16,22,27H,3-4,13-14,17-21H2,1-2H3. The minimum Gasteiger partial charge on any atom is -0.494 e. The van der Waals surface area contributed by atoms with E-state index in [9.17, 15) is 0 Å². The summed E-state index contributed by atoms with van der Waals surface area (Å²) in [5.41, 5.74) is 3.65. The maximum atomic E-state index is 6.47. The molecule has 1 fully saturated rings. The Morgan fingerprint density at radius 2 is 1.88 bits per heavy atom. The van der Waals surface area contributed by atoms with Crippen LogP contribution in [0.3, 0.4) is 0 Å². The Hall–Kier alpha value is -2.67. The Bertz CT molecular complexity index is 973. The summed E-state index contributed by atoms with van der Waals surface area (Å²) in [6.07, 6.45) is 9.23. The van der Waals surface area contributed by atoms with Gasteiger partial charge in [-0.1, -0.05) is 55.3 Å². The SMILES string of the molecule is CCCCOc1ccc(CCC2(Cn3ccnc3)OCC(COCc3ccc(C)cc3)O2)cc1. The van der Waals surface area contributed by atoms with Gasteiger partial charge in [-0.15, -0.1) is 0 Å². The second-order valence-corrected chi connectivity index (χ2v) is 9.04. The molecule has 6 nitrogen and oxygen atoms in total. The fraction of sp³-hybridized carbons (Fsp3) is 0.464. The molecule has 0 amide bonds. The summed E-state index contributed by atoms with van der Waals surface area (Å²) in [6.45, 7) is 7.21. The topological polar surface area (TPSA) is 54.7 Å². The lowest BCUT2D eigenvalue weighted by molar-refractivity contribution is -0.187. The molecule has 1 aromatic heterocycles. The second kappa shape index (κ2) is 12.2. The molecule has 1 aliphatic rings. The summed E-state index contributed by atoms with van der Waals surface area (Å²) in [5, 5.41) is 0. The fourth-order valence-corrected chi connectivity index (χ4v) is 4.06. The minimum atomic E-state index is -0.700. The van der Waals surface area contributed by atoms with Crippen LogP contribution in [0, 0.1) is 6.92 Å². The Kier molecular flexibility index (Phi) is 8.74. The van der Waals surface area contributed by atoms with Crippen LogP contribution < -0.4 is 4.74 Å². The summed E-state index contributed by atoms with van der Waals surface area (Å²) in [5.74, 6) is 0.221. The number of unbranched alkanes of at least 4 members (excludes halogenated alkanes) is 1. The van der Waals surface area contributed by atoms with Crippen molar-refractivity contribution < 1.29 is 18.9 Å². The quantitative estimate of drug-likeness (QED) is 0.320. The van der Waals surface area contributed by atoms with E-state index >= 15 is 0 Å². The van der Waals surface area contributed by atoms with Gasteiger partial charge in [-0.3, -0.25) is 0 Å². The first kappa shape index (κ1) is 24.5. The highest BCUT2D eigenvalue weighted by Gasteiger charge is 2.41. The van der Waals surface area contributed by atoms with Crippen molar-refractivity contribution in [2.75, 3.05) is 19.8 Å². The number of hydrogen-bond donors (Lipinski definition) is 0. The highest BCUT2D eigenvalue weighted by atomic mass is 16.8. The molecule has 0 aliphatic carbocycles. The third-order valence-electron chi connectivity index (χ3n) is 6.07. The maximum Gasteiger partial charge on any atom is 0.187 e. The van der Waals surface area contributed by atoms with Crippen LogP contribution in [0.15, 0.2) is 67.3 Å². The van der Waals surface area contributed by atoms with Gasteiger partial charge in [0.1, 0.15) is 11.9 Å². The lowest BCUT2D eigenvalue weighted by Crippen LogP contribution is -2.37. The molecule has 4 rings (SSSR count). The molecule has 2 aromatic carbocycles. The van der Waals surface area contributed by atoms with Gasteiger partial charge in [0.05, 0.1) is 39.3 Å². The van der Waals surface area contributed by atoms with Crippen LogP contribution >= 0.6 is 0 Å². The molecule has 1 saturated heterocycles. The van der Waals surface area contributed by atoms with E-state index in [1.807, 2.05) is 22.9 Å². The average Bonchev–Trinajstić information content (AvgIpc) is 3.51. The normalized spacial score (nSPS) is 20.0. The molecule has 0 radical (unpaired) electrons. The van der Waals surface area contributed by atoms with Crippen LogP contribution in [-0.2, 0) is 33.8 Å². The molecular weight excluding hydrogens is 428 g/mol. The predicted octanol–water partition coefficient (Wildman–Crippen LogP) is 5.33. The number of imidazole rings is 1. The van der Waals surface area contributed by atoms with Gasteiger partial charge in [-0.2, -0.15) is 0 Å². The molecule has 2 atom stereocenters. The zero-order valence-electron chi connectivity index (χ0n) is 20.3. The van der Waals surface area contributed by atoms with Gasteiger partial charge in [-0.25, -0.2) is 4.98 Å². The van der Waals surface area contributed by atoms with E-state index in [4.69, 9.17) is 18.9 Å². The third kappa shape index (κ3) is 7.16. The first-order valence-corrected chi connectivity index (χ1v) is 12.3. The number of aromatic nitrogens is 2. The largest absolute Gasteiger partial charge is 0.494 e. The van der Waals surface area contributed by atoms with Crippen molar-refractivity contribution in [1.29, 1.82) is 0 Å². The monoisotopic (exact) mass is 464 g/mol. The molecular formula is C28H36N2O4. The van der Waals surface area contributed by atoms with Crippen LogP contribution in [0.4, 0.5) is 0 Å². The van der Waals surface area contributed by atoms with Crippen LogP contribution in [0.5, 0.6) is 5.75 Å². The number of rotatable bonds is 13. The first-order chi connectivity index (χ1) is 16.6. The van der Waals surface area contributed by atoms with E-state index in [1.165, 1.54) is 11.1 Å². The Balaban J connectivity index is 1.31. The molecule has 34 heavy (non-hydrogen) atoms. The predicted molar refractivity (Wildman–Crippen MR) is 132 cm³/mol. The van der Waals surface area contributed by atoms with Crippen molar-refractivity contribution in [2.24, 2.45) is 0 Å². The summed E-state index contributed by atoms with van der Waals surface area (Å²) >= 11 is 0. The van der Waals surface area contributed by atoms with Crippen molar-refractivity contribution >= 4 is 0 Å². The highest BCUT2D eigenvalue weighted by Crippen LogP contribution is 2.31. The third-order valence-corrected chi connectivity index (χ3v) is 6.07. The molecule has 0 bridgehead atoms. The number of nitrogens with zero attached hydrogens (tertiary/aromatic N) is 2. The smallest absolute Gasteiger partial charge is 0.187 e. The molecule has 0 N–H and O–H groups in total. The summed E-state index contributed by atoms with van der Waals surface area (Å²) in [4.78, 5) is 4.18. The van der Waals surface area contributed by atoms with Crippen LogP contribution in [-0.4, -0.2) is 41.3 Å². The zero-order chi connectivity index (χ0) is 23.6. The Morgan fingerprint density at radius 1 is 1.09 bits per heavy atom. The van der Waals surface area contributed by atoms with E-state index in [-0.39, 0.29) is 6.10 Å².